The van der Waals surface area contributed by atoms with Gasteiger partial charge in [-0.1, -0.05) is 18.2 Å². The van der Waals surface area contributed by atoms with Crippen molar-refractivity contribution in [2.24, 2.45) is 0 Å². The van der Waals surface area contributed by atoms with E-state index in [0.717, 1.165) is 6.07 Å². The zero-order chi connectivity index (χ0) is 24.0. The maximum atomic E-state index is 13.0. The highest BCUT2D eigenvalue weighted by atomic mass is 32.2. The number of nitrogens with one attached hydrogen (secondary N) is 1. The van der Waals surface area contributed by atoms with Gasteiger partial charge >= 0.3 is 5.97 Å². The summed E-state index contributed by atoms with van der Waals surface area (Å²) in [5.41, 5.74) is 0.0318. The minimum Gasteiger partial charge on any atom is -0.452 e. The fourth-order valence-corrected chi connectivity index (χ4v) is 3.47. The largest absolute Gasteiger partial charge is 0.452 e. The first kappa shape index (κ1) is 23.6. The summed E-state index contributed by atoms with van der Waals surface area (Å²) in [4.78, 5) is 48.7. The van der Waals surface area contributed by atoms with Crippen LogP contribution in [0.3, 0.4) is 0 Å². The van der Waals surface area contributed by atoms with Gasteiger partial charge in [0.25, 0.3) is 11.6 Å². The summed E-state index contributed by atoms with van der Waals surface area (Å²) in [7, 11) is 0. The lowest BCUT2D eigenvalue weighted by atomic mass is 9.98. The summed E-state index contributed by atoms with van der Waals surface area (Å²) in [6, 6.07) is 14.9. The Bertz CT molecular complexity index is 1230. The fourth-order valence-electron chi connectivity index (χ4n) is 2.93. The summed E-state index contributed by atoms with van der Waals surface area (Å²) < 4.78 is 18.0. The van der Waals surface area contributed by atoms with Crippen LogP contribution in [0.1, 0.15) is 26.3 Å². The molecule has 10 heteroatoms. The maximum Gasteiger partial charge on any atom is 0.339 e. The summed E-state index contributed by atoms with van der Waals surface area (Å²) >= 11 is 1.17. The molecule has 3 rings (SSSR count). The first-order valence-electron chi connectivity index (χ1n) is 9.49. The van der Waals surface area contributed by atoms with Crippen LogP contribution in [-0.2, 0) is 9.53 Å². The number of esters is 1. The molecule has 0 aliphatic heterocycles. The number of nitrogens with zero attached hydrogens (tertiary/aromatic N) is 1. The molecule has 0 unspecified atom stereocenters. The SMILES string of the molecule is CSc1ccc(C(=O)c2ccccc2C(=O)OCC(=O)Nc2ccc(F)cc2)cc1[N+](=O)[O-]. The van der Waals surface area contributed by atoms with E-state index in [0.29, 0.717) is 10.6 Å². The van der Waals surface area contributed by atoms with Crippen molar-refractivity contribution in [2.75, 3.05) is 18.2 Å². The van der Waals surface area contributed by atoms with Crippen LogP contribution in [-0.4, -0.2) is 35.4 Å². The highest BCUT2D eigenvalue weighted by Gasteiger charge is 2.23. The average molecular weight is 468 g/mol. The molecule has 0 bridgehead atoms. The van der Waals surface area contributed by atoms with Crippen LogP contribution in [0.25, 0.3) is 0 Å². The van der Waals surface area contributed by atoms with Gasteiger partial charge in [-0.05, 0) is 48.7 Å². The Morgan fingerprint density at radius 3 is 2.33 bits per heavy atom. The van der Waals surface area contributed by atoms with Crippen molar-refractivity contribution in [3.63, 3.8) is 0 Å². The molecule has 1 amide bonds. The third kappa shape index (κ3) is 5.80. The molecular formula is C23H17FN2O6S. The second-order valence-electron chi connectivity index (χ2n) is 6.65. The monoisotopic (exact) mass is 468 g/mol. The lowest BCUT2D eigenvalue weighted by Gasteiger charge is -2.10. The molecule has 0 saturated heterocycles. The van der Waals surface area contributed by atoms with Gasteiger partial charge in [-0.3, -0.25) is 19.7 Å². The van der Waals surface area contributed by atoms with Gasteiger partial charge in [0.2, 0.25) is 0 Å². The van der Waals surface area contributed by atoms with Gasteiger partial charge in [0, 0.05) is 22.9 Å². The second kappa shape index (κ2) is 10.5. The van der Waals surface area contributed by atoms with E-state index in [1.165, 1.54) is 72.4 Å². The van der Waals surface area contributed by atoms with E-state index in [2.05, 4.69) is 5.32 Å². The zero-order valence-corrected chi connectivity index (χ0v) is 18.1. The molecule has 0 aromatic heterocycles. The van der Waals surface area contributed by atoms with Gasteiger partial charge in [-0.25, -0.2) is 9.18 Å². The highest BCUT2D eigenvalue weighted by molar-refractivity contribution is 7.98. The van der Waals surface area contributed by atoms with Crippen LogP contribution >= 0.6 is 11.8 Å². The number of halogens is 1. The van der Waals surface area contributed by atoms with Crippen LogP contribution < -0.4 is 5.32 Å². The summed E-state index contributed by atoms with van der Waals surface area (Å²) in [6.07, 6.45) is 1.68. The van der Waals surface area contributed by atoms with Crippen molar-refractivity contribution in [1.82, 2.24) is 0 Å². The van der Waals surface area contributed by atoms with E-state index in [1.54, 1.807) is 6.26 Å². The van der Waals surface area contributed by atoms with Gasteiger partial charge in [-0.2, -0.15) is 0 Å². The van der Waals surface area contributed by atoms with E-state index in [4.69, 9.17) is 4.74 Å². The zero-order valence-electron chi connectivity index (χ0n) is 17.2. The van der Waals surface area contributed by atoms with Crippen molar-refractivity contribution >= 4 is 40.8 Å². The van der Waals surface area contributed by atoms with E-state index < -0.39 is 35.0 Å². The first-order chi connectivity index (χ1) is 15.8. The molecule has 0 aliphatic rings. The molecule has 0 heterocycles. The third-order valence-electron chi connectivity index (χ3n) is 4.49. The number of rotatable bonds is 8. The molecule has 1 N–H and O–H groups in total. The Hall–Kier alpha value is -4.05. The number of ketones is 1. The van der Waals surface area contributed by atoms with Crippen LogP contribution in [0, 0.1) is 15.9 Å². The predicted molar refractivity (Wildman–Crippen MR) is 120 cm³/mol. The second-order valence-corrected chi connectivity index (χ2v) is 7.50. The standard InChI is InChI=1S/C23H17FN2O6S/c1-33-20-11-6-14(12-19(20)26(30)31)22(28)17-4-2-3-5-18(17)23(29)32-13-21(27)25-16-9-7-15(24)8-10-16/h2-12H,13H2,1H3,(H,25,27). The van der Waals surface area contributed by atoms with Gasteiger partial charge in [-0.15, -0.1) is 11.8 Å². The number of hydrogen-bond donors (Lipinski definition) is 1. The van der Waals surface area contributed by atoms with Gasteiger partial charge in [0.1, 0.15) is 5.82 Å². The third-order valence-corrected chi connectivity index (χ3v) is 5.28. The topological polar surface area (TPSA) is 116 Å². The van der Waals surface area contributed by atoms with E-state index in [9.17, 15) is 28.9 Å². The molecule has 0 atom stereocenters. The number of carbonyl (C=O) groups is 3. The summed E-state index contributed by atoms with van der Waals surface area (Å²) in [5, 5.41) is 13.8. The van der Waals surface area contributed by atoms with Crippen molar-refractivity contribution in [3.05, 3.63) is 99.4 Å². The molecule has 0 spiro atoms. The Kier molecular flexibility index (Phi) is 7.52. The quantitative estimate of drug-likeness (QED) is 0.170. The Balaban J connectivity index is 1.75. The fraction of sp³-hybridized carbons (Fsp3) is 0.0870. The molecule has 0 aliphatic carbocycles. The molecule has 3 aromatic rings. The van der Waals surface area contributed by atoms with Crippen molar-refractivity contribution in [3.8, 4) is 0 Å². The Morgan fingerprint density at radius 1 is 1.03 bits per heavy atom. The molecule has 33 heavy (non-hydrogen) atoms. The van der Waals surface area contributed by atoms with Crippen LogP contribution in [0.5, 0.6) is 0 Å². The number of benzene rings is 3. The molecule has 168 valence electrons. The number of amides is 1. The van der Waals surface area contributed by atoms with Crippen molar-refractivity contribution in [1.29, 1.82) is 0 Å². The Labute approximate surface area is 191 Å². The van der Waals surface area contributed by atoms with Crippen LogP contribution in [0.15, 0.2) is 71.6 Å². The van der Waals surface area contributed by atoms with Gasteiger partial charge in [0.15, 0.2) is 12.4 Å². The normalized spacial score (nSPS) is 10.4. The van der Waals surface area contributed by atoms with Crippen LogP contribution in [0.4, 0.5) is 15.8 Å². The van der Waals surface area contributed by atoms with Crippen molar-refractivity contribution in [2.45, 2.75) is 4.90 Å². The van der Waals surface area contributed by atoms with Crippen LogP contribution in [0.2, 0.25) is 0 Å². The minimum absolute atomic E-state index is 0.0207. The number of carbonyl (C=O) groups excluding carboxylic acids is 3. The smallest absolute Gasteiger partial charge is 0.339 e. The number of nitro benzene ring substituents is 1. The average Bonchev–Trinajstić information content (AvgIpc) is 2.83. The van der Waals surface area contributed by atoms with E-state index in [-0.39, 0.29) is 22.4 Å². The number of hydrogen-bond acceptors (Lipinski definition) is 7. The molecule has 0 fully saturated rings. The lowest BCUT2D eigenvalue weighted by Crippen LogP contribution is -2.22. The number of ether oxygens (including phenoxy) is 1. The highest BCUT2D eigenvalue weighted by Crippen LogP contribution is 2.29. The first-order valence-corrected chi connectivity index (χ1v) is 10.7. The number of thioether (sulfide) groups is 1. The van der Waals surface area contributed by atoms with Gasteiger partial charge in [0.05, 0.1) is 15.4 Å². The van der Waals surface area contributed by atoms with Gasteiger partial charge < -0.3 is 10.1 Å². The number of nitro groups is 1. The maximum absolute atomic E-state index is 13.0. The van der Waals surface area contributed by atoms with Crippen molar-refractivity contribution < 1.29 is 28.4 Å². The molecule has 8 nitrogen and oxygen atoms in total. The molecule has 0 saturated carbocycles. The van der Waals surface area contributed by atoms with E-state index in [1.807, 2.05) is 0 Å². The minimum atomic E-state index is -0.913. The molecule has 0 radical (unpaired) electrons. The Morgan fingerprint density at radius 2 is 1.70 bits per heavy atom. The summed E-state index contributed by atoms with van der Waals surface area (Å²) in [6.45, 7) is -0.632. The number of anilines is 1. The molecular weight excluding hydrogens is 451 g/mol. The van der Waals surface area contributed by atoms with E-state index >= 15 is 0 Å². The molecule has 3 aromatic carbocycles. The summed E-state index contributed by atoms with van der Waals surface area (Å²) in [5.74, 6) is -2.63. The predicted octanol–water partition coefficient (Wildman–Crippen LogP) is 4.48. The lowest BCUT2D eigenvalue weighted by molar-refractivity contribution is -0.387.